The number of likely N-dealkylation sites (tertiary alicyclic amines) is 1. The summed E-state index contributed by atoms with van der Waals surface area (Å²) in [6.45, 7) is 1.59. The molecule has 2 amide bonds. The van der Waals surface area contributed by atoms with Gasteiger partial charge in [0, 0.05) is 38.9 Å². The van der Waals surface area contributed by atoms with Crippen molar-refractivity contribution in [1.29, 1.82) is 0 Å². The number of hydrogen-bond acceptors (Lipinski definition) is 4. The Morgan fingerprint density at radius 1 is 1.46 bits per heavy atom. The summed E-state index contributed by atoms with van der Waals surface area (Å²) in [6, 6.07) is 0. The third kappa shape index (κ3) is 4.07. The van der Waals surface area contributed by atoms with Crippen molar-refractivity contribution in [2.75, 3.05) is 19.6 Å². The van der Waals surface area contributed by atoms with E-state index in [4.69, 9.17) is 0 Å². The maximum atomic E-state index is 12.9. The summed E-state index contributed by atoms with van der Waals surface area (Å²) < 4.78 is 25.7. The summed E-state index contributed by atoms with van der Waals surface area (Å²) in [5, 5.41) is 9.06. The van der Waals surface area contributed by atoms with E-state index in [1.165, 1.54) is 6.33 Å². The standard InChI is InChI=1S/C15H21F2N5O2/c16-15(17)6-11(15)14(24)18-7-10-2-1-5-22(8-10)13(23)4-3-12-19-9-20-21-12/h9-11H,1-8H2,(H,18,24)(H,19,20,21). The molecule has 1 aromatic heterocycles. The Labute approximate surface area is 138 Å². The fourth-order valence-corrected chi connectivity index (χ4v) is 3.06. The lowest BCUT2D eigenvalue weighted by atomic mass is 9.97. The van der Waals surface area contributed by atoms with Crippen LogP contribution in [0.15, 0.2) is 6.33 Å². The van der Waals surface area contributed by atoms with Gasteiger partial charge in [0.05, 0.1) is 0 Å². The second-order valence-electron chi connectivity index (χ2n) is 6.54. The van der Waals surface area contributed by atoms with Gasteiger partial charge in [-0.25, -0.2) is 13.8 Å². The number of aromatic amines is 1. The topological polar surface area (TPSA) is 91.0 Å². The van der Waals surface area contributed by atoms with Crippen LogP contribution >= 0.6 is 0 Å². The van der Waals surface area contributed by atoms with Crippen LogP contribution < -0.4 is 5.32 Å². The quantitative estimate of drug-likeness (QED) is 0.799. The van der Waals surface area contributed by atoms with Crippen molar-refractivity contribution in [3.63, 3.8) is 0 Å². The van der Waals surface area contributed by atoms with Crippen LogP contribution in [0.5, 0.6) is 0 Å². The fraction of sp³-hybridized carbons (Fsp3) is 0.733. The molecule has 2 atom stereocenters. The van der Waals surface area contributed by atoms with Crippen molar-refractivity contribution in [3.8, 4) is 0 Å². The average molecular weight is 341 g/mol. The summed E-state index contributed by atoms with van der Waals surface area (Å²) in [7, 11) is 0. The minimum atomic E-state index is -2.83. The smallest absolute Gasteiger partial charge is 0.260 e. The Morgan fingerprint density at radius 3 is 2.92 bits per heavy atom. The van der Waals surface area contributed by atoms with Crippen molar-refractivity contribution in [3.05, 3.63) is 12.2 Å². The molecule has 3 rings (SSSR count). The molecule has 1 saturated heterocycles. The number of alkyl halides is 2. The number of H-pyrrole nitrogens is 1. The van der Waals surface area contributed by atoms with Crippen molar-refractivity contribution >= 4 is 11.8 Å². The monoisotopic (exact) mass is 341 g/mol. The molecule has 0 radical (unpaired) electrons. The van der Waals surface area contributed by atoms with E-state index in [0.29, 0.717) is 38.3 Å². The lowest BCUT2D eigenvalue weighted by Gasteiger charge is -2.33. The number of hydrogen-bond donors (Lipinski definition) is 2. The molecule has 1 aliphatic heterocycles. The molecule has 2 heterocycles. The first-order valence-electron chi connectivity index (χ1n) is 8.23. The average Bonchev–Trinajstić information content (AvgIpc) is 2.99. The number of rotatable bonds is 6. The lowest BCUT2D eigenvalue weighted by molar-refractivity contribution is -0.133. The molecule has 7 nitrogen and oxygen atoms in total. The second-order valence-corrected chi connectivity index (χ2v) is 6.54. The molecule has 132 valence electrons. The van der Waals surface area contributed by atoms with Crippen LogP contribution in [0.25, 0.3) is 0 Å². The molecule has 1 aliphatic carbocycles. The van der Waals surface area contributed by atoms with Crippen LogP contribution in [-0.4, -0.2) is 57.5 Å². The van der Waals surface area contributed by atoms with Gasteiger partial charge in [0.15, 0.2) is 0 Å². The Bertz CT molecular complexity index is 593. The minimum absolute atomic E-state index is 0.0381. The summed E-state index contributed by atoms with van der Waals surface area (Å²) in [6.07, 6.45) is 3.65. The molecule has 0 bridgehead atoms. The first-order valence-corrected chi connectivity index (χ1v) is 8.23. The van der Waals surface area contributed by atoms with Gasteiger partial charge in [-0.15, -0.1) is 0 Å². The summed E-state index contributed by atoms with van der Waals surface area (Å²) in [4.78, 5) is 29.6. The fourth-order valence-electron chi connectivity index (χ4n) is 3.06. The van der Waals surface area contributed by atoms with E-state index in [1.54, 1.807) is 4.90 Å². The van der Waals surface area contributed by atoms with Crippen LogP contribution in [0.1, 0.15) is 31.5 Å². The summed E-state index contributed by atoms with van der Waals surface area (Å²) in [5.41, 5.74) is 0. The van der Waals surface area contributed by atoms with Gasteiger partial charge in [0.25, 0.3) is 5.92 Å². The number of piperidine rings is 1. The van der Waals surface area contributed by atoms with Crippen LogP contribution in [-0.2, 0) is 16.0 Å². The van der Waals surface area contributed by atoms with Gasteiger partial charge >= 0.3 is 0 Å². The highest BCUT2D eigenvalue weighted by molar-refractivity contribution is 5.82. The lowest BCUT2D eigenvalue weighted by Crippen LogP contribution is -2.44. The van der Waals surface area contributed by atoms with Crippen LogP contribution in [0, 0.1) is 11.8 Å². The third-order valence-electron chi connectivity index (χ3n) is 4.62. The zero-order valence-corrected chi connectivity index (χ0v) is 13.3. The zero-order valence-electron chi connectivity index (χ0n) is 13.3. The van der Waals surface area contributed by atoms with Gasteiger partial charge in [-0.2, -0.15) is 5.10 Å². The van der Waals surface area contributed by atoms with Crippen molar-refractivity contribution in [2.24, 2.45) is 11.8 Å². The normalized spacial score (nSPS) is 25.3. The molecule has 9 heteroatoms. The van der Waals surface area contributed by atoms with Gasteiger partial charge in [0.1, 0.15) is 18.1 Å². The Balaban J connectivity index is 1.40. The Morgan fingerprint density at radius 2 is 2.25 bits per heavy atom. The van der Waals surface area contributed by atoms with E-state index in [1.807, 2.05) is 0 Å². The predicted octanol–water partition coefficient (Wildman–Crippen LogP) is 0.747. The van der Waals surface area contributed by atoms with E-state index in [-0.39, 0.29) is 18.2 Å². The second kappa shape index (κ2) is 6.82. The number of carbonyl (C=O) groups is 2. The highest BCUT2D eigenvalue weighted by Crippen LogP contribution is 2.48. The molecule has 2 unspecified atom stereocenters. The van der Waals surface area contributed by atoms with Gasteiger partial charge in [0.2, 0.25) is 11.8 Å². The van der Waals surface area contributed by atoms with Gasteiger partial charge in [-0.1, -0.05) is 0 Å². The van der Waals surface area contributed by atoms with Crippen molar-refractivity contribution in [1.82, 2.24) is 25.4 Å². The number of carbonyl (C=O) groups excluding carboxylic acids is 2. The first kappa shape index (κ1) is 16.8. The number of amides is 2. The summed E-state index contributed by atoms with van der Waals surface area (Å²) >= 11 is 0. The highest BCUT2D eigenvalue weighted by atomic mass is 19.3. The molecule has 1 aromatic rings. The van der Waals surface area contributed by atoms with E-state index in [0.717, 1.165) is 12.8 Å². The molecule has 1 saturated carbocycles. The maximum Gasteiger partial charge on any atom is 0.260 e. The molecule has 0 spiro atoms. The maximum absolute atomic E-state index is 12.9. The summed E-state index contributed by atoms with van der Waals surface area (Å²) in [5.74, 6) is -3.75. The minimum Gasteiger partial charge on any atom is -0.355 e. The van der Waals surface area contributed by atoms with Gasteiger partial charge in [-0.05, 0) is 18.8 Å². The van der Waals surface area contributed by atoms with Crippen LogP contribution in [0.4, 0.5) is 8.78 Å². The molecular formula is C15H21F2N5O2. The third-order valence-corrected chi connectivity index (χ3v) is 4.62. The molecule has 2 aliphatic rings. The first-order chi connectivity index (χ1) is 11.5. The molecule has 0 aromatic carbocycles. The van der Waals surface area contributed by atoms with E-state index in [9.17, 15) is 18.4 Å². The highest BCUT2D eigenvalue weighted by Gasteiger charge is 2.61. The molecular weight excluding hydrogens is 320 g/mol. The molecule has 2 fully saturated rings. The zero-order chi connectivity index (χ0) is 17.2. The predicted molar refractivity (Wildman–Crippen MR) is 80.1 cm³/mol. The van der Waals surface area contributed by atoms with Gasteiger partial charge < -0.3 is 10.2 Å². The van der Waals surface area contributed by atoms with Crippen LogP contribution in [0.3, 0.4) is 0 Å². The van der Waals surface area contributed by atoms with Crippen molar-refractivity contribution in [2.45, 2.75) is 38.0 Å². The van der Waals surface area contributed by atoms with E-state index < -0.39 is 17.7 Å². The number of nitrogens with one attached hydrogen (secondary N) is 2. The van der Waals surface area contributed by atoms with Crippen molar-refractivity contribution < 1.29 is 18.4 Å². The number of nitrogens with zero attached hydrogens (tertiary/aromatic N) is 3. The molecule has 2 N–H and O–H groups in total. The number of halogens is 2. The Kier molecular flexibility index (Phi) is 4.77. The van der Waals surface area contributed by atoms with E-state index in [2.05, 4.69) is 20.5 Å². The van der Waals surface area contributed by atoms with Crippen LogP contribution in [0.2, 0.25) is 0 Å². The van der Waals surface area contributed by atoms with E-state index >= 15 is 0 Å². The number of aryl methyl sites for hydroxylation is 1. The number of aromatic nitrogens is 3. The Hall–Kier alpha value is -2.06. The SMILES string of the molecule is O=C(NCC1CCCN(C(=O)CCc2ncn[nH]2)C1)C1CC1(F)F. The largest absolute Gasteiger partial charge is 0.355 e. The molecule has 24 heavy (non-hydrogen) atoms. The van der Waals surface area contributed by atoms with Gasteiger partial charge in [-0.3, -0.25) is 14.7 Å².